The number of aryl methyl sites for hydroxylation is 2. The van der Waals surface area contributed by atoms with Gasteiger partial charge < -0.3 is 14.3 Å². The molecule has 0 aliphatic carbocycles. The summed E-state index contributed by atoms with van der Waals surface area (Å²) < 4.78 is 18.7. The van der Waals surface area contributed by atoms with E-state index in [0.29, 0.717) is 61.1 Å². The monoisotopic (exact) mass is 424 g/mol. The molecule has 0 atom stereocenters. The Morgan fingerprint density at radius 2 is 1.90 bits per heavy atom. The molecule has 31 heavy (non-hydrogen) atoms. The molecule has 0 N–H and O–H groups in total. The van der Waals surface area contributed by atoms with Gasteiger partial charge in [0.25, 0.3) is 5.91 Å². The molecule has 1 fully saturated rings. The van der Waals surface area contributed by atoms with E-state index in [4.69, 9.17) is 4.52 Å². The summed E-state index contributed by atoms with van der Waals surface area (Å²) in [5.41, 5.74) is 1.45. The Morgan fingerprint density at radius 3 is 2.61 bits per heavy atom. The van der Waals surface area contributed by atoms with Gasteiger partial charge in [-0.2, -0.15) is 4.98 Å². The largest absolute Gasteiger partial charge is 0.339 e. The summed E-state index contributed by atoms with van der Waals surface area (Å²) >= 11 is 0. The number of amides is 2. The van der Waals surface area contributed by atoms with E-state index in [0.717, 1.165) is 0 Å². The first-order valence-corrected chi connectivity index (χ1v) is 9.93. The van der Waals surface area contributed by atoms with Crippen LogP contribution in [0.15, 0.2) is 41.3 Å². The molecule has 0 spiro atoms. The van der Waals surface area contributed by atoms with Crippen molar-refractivity contribution in [2.75, 3.05) is 26.2 Å². The Hall–Kier alpha value is -3.69. The Balaban J connectivity index is 1.28. The molecule has 1 aromatic carbocycles. The van der Waals surface area contributed by atoms with E-state index >= 15 is 0 Å². The van der Waals surface area contributed by atoms with E-state index in [1.165, 1.54) is 24.7 Å². The van der Waals surface area contributed by atoms with Crippen LogP contribution < -0.4 is 0 Å². The van der Waals surface area contributed by atoms with Crippen LogP contribution in [0.4, 0.5) is 4.39 Å². The molecule has 10 heteroatoms. The highest BCUT2D eigenvalue weighted by Gasteiger charge is 2.25. The Labute approximate surface area is 177 Å². The smallest absolute Gasteiger partial charge is 0.274 e. The molecule has 2 amide bonds. The van der Waals surface area contributed by atoms with Crippen LogP contribution >= 0.6 is 0 Å². The molecule has 160 valence electrons. The lowest BCUT2D eigenvalue weighted by Crippen LogP contribution is -2.50. The summed E-state index contributed by atoms with van der Waals surface area (Å²) in [5, 5.41) is 3.92. The highest BCUT2D eigenvalue weighted by atomic mass is 19.1. The summed E-state index contributed by atoms with van der Waals surface area (Å²) in [6.07, 6.45) is 4.96. The predicted octanol–water partition coefficient (Wildman–Crippen LogP) is 1.89. The maximum Gasteiger partial charge on any atom is 0.274 e. The first kappa shape index (κ1) is 20.6. The van der Waals surface area contributed by atoms with Gasteiger partial charge in [0, 0.05) is 57.0 Å². The van der Waals surface area contributed by atoms with Crippen molar-refractivity contribution in [1.82, 2.24) is 29.9 Å². The second-order valence-corrected chi connectivity index (χ2v) is 7.24. The minimum atomic E-state index is -0.295. The molecule has 3 heterocycles. The predicted molar refractivity (Wildman–Crippen MR) is 107 cm³/mol. The lowest BCUT2D eigenvalue weighted by molar-refractivity contribution is -0.132. The molecule has 0 bridgehead atoms. The van der Waals surface area contributed by atoms with Gasteiger partial charge in [0.15, 0.2) is 0 Å². The van der Waals surface area contributed by atoms with Crippen molar-refractivity contribution in [2.45, 2.75) is 19.8 Å². The molecule has 9 nitrogen and oxygen atoms in total. The molecule has 4 rings (SSSR count). The van der Waals surface area contributed by atoms with Crippen molar-refractivity contribution in [2.24, 2.45) is 0 Å². The lowest BCUT2D eigenvalue weighted by Gasteiger charge is -2.34. The summed E-state index contributed by atoms with van der Waals surface area (Å²) in [4.78, 5) is 40.6. The summed E-state index contributed by atoms with van der Waals surface area (Å²) in [5.74, 6) is 0.193. The van der Waals surface area contributed by atoms with E-state index in [1.54, 1.807) is 28.9 Å². The number of hydrogen-bond donors (Lipinski definition) is 0. The SMILES string of the molecule is Cc1cc(-c2noc(CCC(=O)N3CCN(C(=O)c4cnccn4)CC3)n2)ccc1F. The second-order valence-electron chi connectivity index (χ2n) is 7.24. The van der Waals surface area contributed by atoms with Gasteiger partial charge in [-0.15, -0.1) is 0 Å². The number of aromatic nitrogens is 4. The first-order valence-electron chi connectivity index (χ1n) is 9.93. The zero-order valence-corrected chi connectivity index (χ0v) is 17.0. The van der Waals surface area contributed by atoms with Gasteiger partial charge in [-0.1, -0.05) is 5.16 Å². The second kappa shape index (κ2) is 8.99. The Morgan fingerprint density at radius 1 is 1.13 bits per heavy atom. The zero-order chi connectivity index (χ0) is 21.8. The number of carbonyl (C=O) groups is 2. The van der Waals surface area contributed by atoms with Crippen LogP contribution in [0, 0.1) is 12.7 Å². The minimum absolute atomic E-state index is 0.0380. The number of piperazine rings is 1. The van der Waals surface area contributed by atoms with Crippen molar-refractivity contribution in [3.63, 3.8) is 0 Å². The minimum Gasteiger partial charge on any atom is -0.339 e. The van der Waals surface area contributed by atoms with Gasteiger partial charge in [-0.25, -0.2) is 9.37 Å². The van der Waals surface area contributed by atoms with Gasteiger partial charge in [0.05, 0.1) is 6.20 Å². The highest BCUT2D eigenvalue weighted by molar-refractivity contribution is 5.92. The number of halogens is 1. The third-order valence-electron chi connectivity index (χ3n) is 5.14. The van der Waals surface area contributed by atoms with E-state index in [9.17, 15) is 14.0 Å². The van der Waals surface area contributed by atoms with Crippen molar-refractivity contribution in [3.05, 3.63) is 59.8 Å². The van der Waals surface area contributed by atoms with Gasteiger partial charge in [-0.3, -0.25) is 14.6 Å². The number of carbonyl (C=O) groups excluding carboxylic acids is 2. The van der Waals surface area contributed by atoms with E-state index < -0.39 is 0 Å². The molecule has 0 radical (unpaired) electrons. The third kappa shape index (κ3) is 4.73. The lowest BCUT2D eigenvalue weighted by atomic mass is 10.1. The molecule has 1 saturated heterocycles. The quantitative estimate of drug-likeness (QED) is 0.616. The van der Waals surface area contributed by atoms with Gasteiger partial charge in [0.2, 0.25) is 17.6 Å². The molecule has 0 saturated carbocycles. The maximum absolute atomic E-state index is 13.4. The Bertz CT molecular complexity index is 1080. The van der Waals surface area contributed by atoms with Crippen molar-refractivity contribution >= 4 is 11.8 Å². The van der Waals surface area contributed by atoms with Crippen molar-refractivity contribution in [1.29, 1.82) is 0 Å². The fourth-order valence-corrected chi connectivity index (χ4v) is 3.36. The number of nitrogens with zero attached hydrogens (tertiary/aromatic N) is 6. The van der Waals surface area contributed by atoms with Crippen LogP contribution in [0.2, 0.25) is 0 Å². The fourth-order valence-electron chi connectivity index (χ4n) is 3.36. The normalized spacial score (nSPS) is 14.0. The number of rotatable bonds is 5. The van der Waals surface area contributed by atoms with E-state index in [1.807, 2.05) is 0 Å². The van der Waals surface area contributed by atoms with E-state index in [2.05, 4.69) is 20.1 Å². The summed E-state index contributed by atoms with van der Waals surface area (Å²) in [7, 11) is 0. The van der Waals surface area contributed by atoms with E-state index in [-0.39, 0.29) is 24.1 Å². The van der Waals surface area contributed by atoms with Crippen LogP contribution in [0.1, 0.15) is 28.4 Å². The molecular weight excluding hydrogens is 403 g/mol. The van der Waals surface area contributed by atoms with Crippen LogP contribution in [-0.4, -0.2) is 67.9 Å². The molecule has 3 aromatic rings. The summed E-state index contributed by atoms with van der Waals surface area (Å²) in [6, 6.07) is 4.60. The number of benzene rings is 1. The first-order chi connectivity index (χ1) is 15.0. The molecular formula is C21H21FN6O3. The Kier molecular flexibility index (Phi) is 5.96. The summed E-state index contributed by atoms with van der Waals surface area (Å²) in [6.45, 7) is 3.45. The van der Waals surface area contributed by atoms with Crippen LogP contribution in [0.5, 0.6) is 0 Å². The molecule has 1 aliphatic heterocycles. The topological polar surface area (TPSA) is 105 Å². The van der Waals surface area contributed by atoms with Crippen LogP contribution in [0.25, 0.3) is 11.4 Å². The van der Waals surface area contributed by atoms with Gasteiger partial charge in [0.1, 0.15) is 11.5 Å². The van der Waals surface area contributed by atoms with Gasteiger partial charge in [-0.05, 0) is 30.7 Å². The standard InChI is InChI=1S/C21H21FN6O3/c1-14-12-15(2-3-16(14)22)20-25-18(31-26-20)4-5-19(29)27-8-10-28(11-9-27)21(30)17-13-23-6-7-24-17/h2-3,6-7,12-13H,4-5,8-11H2,1H3. The zero-order valence-electron chi connectivity index (χ0n) is 17.0. The van der Waals surface area contributed by atoms with Crippen molar-refractivity contribution < 1.29 is 18.5 Å². The molecule has 2 aromatic heterocycles. The highest BCUT2D eigenvalue weighted by Crippen LogP contribution is 2.19. The van der Waals surface area contributed by atoms with Crippen LogP contribution in [0.3, 0.4) is 0 Å². The molecule has 0 unspecified atom stereocenters. The molecule has 1 aliphatic rings. The fraction of sp³-hybridized carbons (Fsp3) is 0.333. The van der Waals surface area contributed by atoms with Crippen molar-refractivity contribution in [3.8, 4) is 11.4 Å². The average molecular weight is 424 g/mol. The maximum atomic E-state index is 13.4. The van der Waals surface area contributed by atoms with Gasteiger partial charge >= 0.3 is 0 Å². The average Bonchev–Trinajstić information content (AvgIpc) is 3.28. The third-order valence-corrected chi connectivity index (χ3v) is 5.14. The number of hydrogen-bond acceptors (Lipinski definition) is 7. The van der Waals surface area contributed by atoms with Crippen LogP contribution in [-0.2, 0) is 11.2 Å².